The summed E-state index contributed by atoms with van der Waals surface area (Å²) in [4.78, 5) is 23.3. The van der Waals surface area contributed by atoms with Crippen LogP contribution < -0.4 is 15.4 Å². The van der Waals surface area contributed by atoms with Crippen molar-refractivity contribution in [2.45, 2.75) is 89.3 Å². The second-order valence-electron chi connectivity index (χ2n) is 13.0. The van der Waals surface area contributed by atoms with Crippen LogP contribution in [0.4, 0.5) is 16.2 Å². The van der Waals surface area contributed by atoms with E-state index in [0.717, 1.165) is 18.5 Å². The van der Waals surface area contributed by atoms with Crippen molar-refractivity contribution < 1.29 is 23.8 Å². The lowest BCUT2D eigenvalue weighted by Crippen LogP contribution is -2.43. The number of halogens is 1. The van der Waals surface area contributed by atoms with Crippen LogP contribution in [-0.2, 0) is 21.5 Å². The van der Waals surface area contributed by atoms with Gasteiger partial charge in [0.15, 0.2) is 11.6 Å². The van der Waals surface area contributed by atoms with E-state index in [-0.39, 0.29) is 42.8 Å². The number of aromatic nitrogens is 5. The molecule has 3 aliphatic heterocycles. The van der Waals surface area contributed by atoms with Crippen LogP contribution in [0.1, 0.15) is 70.5 Å². The number of aliphatic hydroxyl groups is 1. The largest absolute Gasteiger partial charge is 0.459 e. The highest BCUT2D eigenvalue weighted by molar-refractivity contribution is 5.95. The molecule has 5 atom stereocenters. The highest BCUT2D eigenvalue weighted by atomic mass is 19.1. The average molecular weight is 627 g/mol. The van der Waals surface area contributed by atoms with Crippen LogP contribution in [0.25, 0.3) is 0 Å². The zero-order valence-corrected chi connectivity index (χ0v) is 26.7. The van der Waals surface area contributed by atoms with Gasteiger partial charge in [-0.3, -0.25) is 9.58 Å². The van der Waals surface area contributed by atoms with E-state index in [4.69, 9.17) is 20.0 Å². The molecule has 2 aromatic rings. The molecule has 1 unspecified atom stereocenters. The van der Waals surface area contributed by atoms with Gasteiger partial charge >= 0.3 is 6.01 Å². The Kier molecular flexibility index (Phi) is 9.29. The van der Waals surface area contributed by atoms with Gasteiger partial charge in [-0.2, -0.15) is 25.3 Å². The third kappa shape index (κ3) is 7.18. The van der Waals surface area contributed by atoms with Gasteiger partial charge in [0.25, 0.3) is 0 Å². The molecular weight excluding hydrogens is 583 g/mol. The SMILES string of the molecule is C=C(C[C@@]1(C)CCCn2nc(N)c(C#N)c21)O/N=C(\C)c1nc(O[C@@H](C)C2C[C@@H](F)CN2C)nc(N2CCOC[C@](C)(O)C2)n1. The molecule has 0 aromatic carbocycles. The number of nitriles is 1. The van der Waals surface area contributed by atoms with Crippen molar-refractivity contribution in [2.24, 2.45) is 5.16 Å². The zero-order chi connectivity index (χ0) is 32.5. The van der Waals surface area contributed by atoms with E-state index in [2.05, 4.69) is 37.9 Å². The number of likely N-dealkylation sites (tertiary alicyclic amines) is 1. The van der Waals surface area contributed by atoms with Gasteiger partial charge in [-0.05, 0) is 47.1 Å². The minimum absolute atomic E-state index is 0.0565. The molecule has 0 amide bonds. The summed E-state index contributed by atoms with van der Waals surface area (Å²) >= 11 is 0. The fraction of sp³-hybridized carbons (Fsp3) is 0.667. The molecule has 0 aliphatic carbocycles. The number of hydrogen-bond acceptors (Lipinski definition) is 13. The second-order valence-corrected chi connectivity index (χ2v) is 13.0. The highest BCUT2D eigenvalue weighted by Gasteiger charge is 2.39. The van der Waals surface area contributed by atoms with Crippen molar-refractivity contribution >= 4 is 17.5 Å². The maximum Gasteiger partial charge on any atom is 0.322 e. The number of β-amino-alcohol motifs (C(OH)–C–C–N with tert-alkyl or cyclic N) is 1. The Bertz CT molecular complexity index is 1490. The molecule has 0 spiro atoms. The van der Waals surface area contributed by atoms with Gasteiger partial charge in [0.2, 0.25) is 5.95 Å². The Morgan fingerprint density at radius 3 is 2.82 bits per heavy atom. The van der Waals surface area contributed by atoms with Crippen LogP contribution >= 0.6 is 0 Å². The van der Waals surface area contributed by atoms with Crippen LogP contribution in [0.15, 0.2) is 17.5 Å². The third-order valence-electron chi connectivity index (χ3n) is 8.70. The standard InChI is InChI=1S/C30H43FN10O4/c1-18(13-29(4)8-7-9-41-24(29)22(14-32)25(33)37-41)45-38-19(2)26-34-27(40-10-11-43-17-30(5,42)16-40)36-28(35-26)44-20(3)23-12-21(31)15-39(23)6/h20-21,23,42H,1,7-13,15-17H2,2-6H3,(H2,33,37)/b38-19+/t20-,21+,23?,29+,30+/m0/s1. The quantitative estimate of drug-likeness (QED) is 0.237. The fourth-order valence-electron chi connectivity index (χ4n) is 6.55. The number of aryl methyl sites for hydroxylation is 1. The molecule has 45 heavy (non-hydrogen) atoms. The van der Waals surface area contributed by atoms with Gasteiger partial charge in [-0.1, -0.05) is 18.7 Å². The van der Waals surface area contributed by atoms with Gasteiger partial charge in [0, 0.05) is 37.5 Å². The van der Waals surface area contributed by atoms with Crippen molar-refractivity contribution in [3.63, 3.8) is 0 Å². The summed E-state index contributed by atoms with van der Waals surface area (Å²) in [5.74, 6) is 1.11. The first kappa shape index (κ1) is 32.5. The number of allylic oxidation sites excluding steroid dienone is 1. The van der Waals surface area contributed by atoms with Gasteiger partial charge in [0.1, 0.15) is 41.0 Å². The predicted molar refractivity (Wildman–Crippen MR) is 164 cm³/mol. The van der Waals surface area contributed by atoms with Gasteiger partial charge in [-0.25, -0.2) is 4.39 Å². The van der Waals surface area contributed by atoms with E-state index < -0.39 is 23.3 Å². The molecule has 0 radical (unpaired) electrons. The molecule has 5 rings (SSSR count). The molecule has 3 aliphatic rings. The van der Waals surface area contributed by atoms with Crippen LogP contribution in [0.5, 0.6) is 6.01 Å². The summed E-state index contributed by atoms with van der Waals surface area (Å²) in [7, 11) is 1.87. The number of ether oxygens (including phenoxy) is 2. The topological polar surface area (TPSA) is 173 Å². The molecule has 15 heteroatoms. The molecule has 2 saturated heterocycles. The molecular formula is C30H43FN10O4. The van der Waals surface area contributed by atoms with Gasteiger partial charge in [-0.15, -0.1) is 0 Å². The Balaban J connectivity index is 1.38. The van der Waals surface area contributed by atoms with E-state index in [1.54, 1.807) is 18.5 Å². The van der Waals surface area contributed by atoms with Crippen LogP contribution in [-0.4, -0.2) is 104 Å². The number of nitrogens with zero attached hydrogens (tertiary/aromatic N) is 9. The number of nitrogens with two attached hydrogens (primary N) is 1. The van der Waals surface area contributed by atoms with Crippen LogP contribution in [0, 0.1) is 11.3 Å². The average Bonchev–Trinajstić information content (AvgIpc) is 3.43. The van der Waals surface area contributed by atoms with Gasteiger partial charge in [0.05, 0.1) is 25.5 Å². The highest BCUT2D eigenvalue weighted by Crippen LogP contribution is 2.41. The third-order valence-corrected chi connectivity index (χ3v) is 8.70. The summed E-state index contributed by atoms with van der Waals surface area (Å²) in [6, 6.07) is 2.11. The van der Waals surface area contributed by atoms with Crippen molar-refractivity contribution in [3.05, 3.63) is 29.4 Å². The zero-order valence-electron chi connectivity index (χ0n) is 26.7. The minimum atomic E-state index is -1.12. The molecule has 3 N–H and O–H groups in total. The van der Waals surface area contributed by atoms with E-state index >= 15 is 0 Å². The van der Waals surface area contributed by atoms with Crippen LogP contribution in [0.2, 0.25) is 0 Å². The van der Waals surface area contributed by atoms with Crippen molar-refractivity contribution in [3.8, 4) is 12.1 Å². The van der Waals surface area contributed by atoms with Crippen molar-refractivity contribution in [1.29, 1.82) is 5.26 Å². The first-order valence-electron chi connectivity index (χ1n) is 15.3. The Morgan fingerprint density at radius 2 is 2.11 bits per heavy atom. The number of fused-ring (bicyclic) bond motifs is 1. The number of oxime groups is 1. The van der Waals surface area contributed by atoms with Gasteiger partial charge < -0.3 is 30.1 Å². The second kappa shape index (κ2) is 12.9. The minimum Gasteiger partial charge on any atom is -0.459 e. The maximum absolute atomic E-state index is 14.1. The molecule has 2 fully saturated rings. The van der Waals surface area contributed by atoms with E-state index in [1.165, 1.54) is 0 Å². The maximum atomic E-state index is 14.1. The number of nitrogen functional groups attached to an aromatic ring is 1. The molecule has 0 bridgehead atoms. The lowest BCUT2D eigenvalue weighted by molar-refractivity contribution is -0.0123. The molecule has 14 nitrogen and oxygen atoms in total. The molecule has 244 valence electrons. The molecule has 0 saturated carbocycles. The fourth-order valence-corrected chi connectivity index (χ4v) is 6.55. The lowest BCUT2D eigenvalue weighted by Gasteiger charge is -2.34. The number of alkyl halides is 1. The summed E-state index contributed by atoms with van der Waals surface area (Å²) < 4.78 is 27.7. The lowest BCUT2D eigenvalue weighted by atomic mass is 9.75. The summed E-state index contributed by atoms with van der Waals surface area (Å²) in [6.45, 7) is 13.6. The van der Waals surface area contributed by atoms with Crippen molar-refractivity contribution in [1.82, 2.24) is 29.6 Å². The normalized spacial score (nSPS) is 28.2. The Hall–Kier alpha value is -3.87. The monoisotopic (exact) mass is 626 g/mol. The van der Waals surface area contributed by atoms with E-state index in [1.807, 2.05) is 30.7 Å². The van der Waals surface area contributed by atoms with Crippen molar-refractivity contribution in [2.75, 3.05) is 50.5 Å². The number of likely N-dealkylation sites (N-methyl/N-ethyl adjacent to an activating group) is 1. The van der Waals surface area contributed by atoms with E-state index in [9.17, 15) is 14.8 Å². The summed E-state index contributed by atoms with van der Waals surface area (Å²) in [5, 5.41) is 29.2. The predicted octanol–water partition coefficient (Wildman–Crippen LogP) is 2.32. The first-order chi connectivity index (χ1) is 21.3. The Morgan fingerprint density at radius 1 is 1.33 bits per heavy atom. The van der Waals surface area contributed by atoms with Crippen LogP contribution in [0.3, 0.4) is 0 Å². The number of anilines is 2. The summed E-state index contributed by atoms with van der Waals surface area (Å²) in [6.07, 6.45) is 1.10. The Labute approximate surface area is 262 Å². The number of rotatable bonds is 9. The summed E-state index contributed by atoms with van der Waals surface area (Å²) in [5.41, 5.74) is 5.94. The molecule has 2 aromatic heterocycles. The molecule has 5 heterocycles. The first-order valence-corrected chi connectivity index (χ1v) is 15.3. The number of hydrogen-bond donors (Lipinski definition) is 2. The smallest absolute Gasteiger partial charge is 0.322 e. The van der Waals surface area contributed by atoms with E-state index in [0.29, 0.717) is 56.1 Å².